The Morgan fingerprint density at radius 1 is 0.368 bits per heavy atom. The summed E-state index contributed by atoms with van der Waals surface area (Å²) in [5, 5.41) is 19.8. The lowest BCUT2D eigenvalue weighted by atomic mass is 10.0. The lowest BCUT2D eigenvalue weighted by molar-refractivity contribution is -0.151. The molecule has 8 amide bonds. The highest BCUT2D eigenvalue weighted by Gasteiger charge is 2.34. The Kier molecular flexibility index (Phi) is 59.5. The number of likely N-dealkylation sites (N-methyl/N-ethyl adjacent to an activating group) is 4. The minimum absolute atomic E-state index is 0.0278. The summed E-state index contributed by atoms with van der Waals surface area (Å²) in [6.45, 7) is 78.8. The van der Waals surface area contributed by atoms with Gasteiger partial charge < -0.3 is 78.6 Å². The number of carbonyl (C=O) groups excluding carboxylic acids is 7. The number of amidine groups is 1. The number of aliphatic hydroxyl groups is 2. The zero-order valence-corrected chi connectivity index (χ0v) is 86.8. The van der Waals surface area contributed by atoms with Crippen LogP contribution in [0.5, 0.6) is 0 Å². The molecular formula is C87H188N16O10S. The second kappa shape index (κ2) is 52.7. The molecule has 0 radical (unpaired) electrons. The molecule has 27 heteroatoms. The van der Waals surface area contributed by atoms with Crippen LogP contribution in [0.15, 0.2) is 21.1 Å². The van der Waals surface area contributed by atoms with Crippen LogP contribution in [0.2, 0.25) is 0 Å². The minimum Gasteiger partial charge on any atom is -0.453 e. The first kappa shape index (κ1) is 129. The van der Waals surface area contributed by atoms with E-state index in [0.717, 1.165) is 28.1 Å². The van der Waals surface area contributed by atoms with E-state index in [4.69, 9.17) is 12.2 Å². The van der Waals surface area contributed by atoms with Crippen LogP contribution >= 0.6 is 12.2 Å². The van der Waals surface area contributed by atoms with E-state index in [1.807, 2.05) is 286 Å². The molecule has 0 saturated heterocycles. The predicted molar refractivity (Wildman–Crippen MR) is 494 cm³/mol. The second-order valence-corrected chi connectivity index (χ2v) is 41.4. The normalized spacial score (nSPS) is 12.3. The molecule has 114 heavy (non-hydrogen) atoms. The lowest BCUT2D eigenvalue weighted by Crippen LogP contribution is -2.51. The van der Waals surface area contributed by atoms with Gasteiger partial charge in [-0.2, -0.15) is 0 Å². The van der Waals surface area contributed by atoms with E-state index in [0.29, 0.717) is 0 Å². The third kappa shape index (κ3) is 60.4. The summed E-state index contributed by atoms with van der Waals surface area (Å²) in [4.78, 5) is 114. The molecule has 0 aromatic rings. The number of thiocarbonyl (C=S) groups is 1. The van der Waals surface area contributed by atoms with Gasteiger partial charge in [-0.05, 0) is 296 Å². The standard InChI is InChI=1S/C11H21NO.C10H22N2O.C10H21NO2.C9H21N3.C9H19NO2.C8H18N2O.C8H18N2S.C8H18N2.C7H15NO2.C7H15NO/c1-8(2)9(3)10(13)12(7)11(4,5)6;1-8(11(5)6)9(13)12(7)10(2,3)4;1-9(2,3)11(6)8(12)7-10(4,5)13;1-9(2,3)12(7)8(10-4)11(5)6;1-8(2,3)10(6)7(11)9(4,5)12;2*1-8(2,3)10(6)7(11)9(4)5;1-7(9-5)10(6)8(2,3)4;1-7(2,3)8(4)6(9)10-5;1-6(9)8(5)7(2,3)4/h1-7H3;8H,1-7H3;13H,7H2,1-6H3;1-7H3;12H,1-6H3;2*1-6H3;1-6H3;1-5H3;1-5H3. The van der Waals surface area contributed by atoms with E-state index in [9.17, 15) is 43.8 Å². The molecule has 0 aliphatic rings. The molecule has 0 saturated carbocycles. The number of carbonyl (C=O) groups is 7. The van der Waals surface area contributed by atoms with Crippen molar-refractivity contribution in [1.29, 1.82) is 0 Å². The molecule has 0 spiro atoms. The third-order valence-electron chi connectivity index (χ3n) is 18.7. The summed E-state index contributed by atoms with van der Waals surface area (Å²) in [6.07, 6.45) is -0.131. The number of aliphatic imine (C=N–C) groups is 2. The van der Waals surface area contributed by atoms with Gasteiger partial charge in [0.1, 0.15) is 5.60 Å². The summed E-state index contributed by atoms with van der Waals surface area (Å²) in [7, 11) is 38.9. The number of amides is 8. The average Bonchev–Trinajstić information content (AvgIpc) is 0.846. The van der Waals surface area contributed by atoms with Gasteiger partial charge in [0, 0.05) is 195 Å². The van der Waals surface area contributed by atoms with Crippen LogP contribution in [-0.4, -0.2) is 358 Å². The molecule has 0 aromatic carbocycles. The van der Waals surface area contributed by atoms with Gasteiger partial charge in [-0.15, -0.1) is 0 Å². The molecule has 1 atom stereocenters. The predicted octanol–water partition coefficient (Wildman–Crippen LogP) is 14.9. The zero-order chi connectivity index (χ0) is 95.4. The highest BCUT2D eigenvalue weighted by atomic mass is 32.1. The molecule has 0 fully saturated rings. The van der Waals surface area contributed by atoms with Crippen molar-refractivity contribution in [2.45, 2.75) is 356 Å². The van der Waals surface area contributed by atoms with Crippen LogP contribution in [0.4, 0.5) is 9.59 Å². The van der Waals surface area contributed by atoms with Crippen LogP contribution in [0, 0.1) is 0 Å². The van der Waals surface area contributed by atoms with Crippen molar-refractivity contribution in [3.63, 3.8) is 0 Å². The maximum Gasteiger partial charge on any atom is 0.409 e. The fraction of sp³-hybridized carbons (Fsp3) is 0.862. The topological polar surface area (TPSA) is 239 Å². The quantitative estimate of drug-likeness (QED) is 0.109. The summed E-state index contributed by atoms with van der Waals surface area (Å²) in [5.74, 6) is 2.19. The highest BCUT2D eigenvalue weighted by molar-refractivity contribution is 7.80. The Hall–Kier alpha value is -6.06. The van der Waals surface area contributed by atoms with Crippen molar-refractivity contribution < 1.29 is 48.5 Å². The Balaban J connectivity index is -0.000000132. The molecule has 1 unspecified atom stereocenters. The molecule has 0 aliphatic carbocycles. The third-order valence-corrected chi connectivity index (χ3v) is 19.3. The Morgan fingerprint density at radius 2 is 0.667 bits per heavy atom. The van der Waals surface area contributed by atoms with Gasteiger partial charge in [-0.25, -0.2) is 9.59 Å². The Morgan fingerprint density at radius 3 is 0.798 bits per heavy atom. The fourth-order valence-electron chi connectivity index (χ4n) is 6.82. The van der Waals surface area contributed by atoms with Gasteiger partial charge in [0.25, 0.3) is 5.91 Å². The maximum atomic E-state index is 11.8. The Labute approximate surface area is 709 Å². The first-order valence-corrected chi connectivity index (χ1v) is 39.7. The van der Waals surface area contributed by atoms with Crippen LogP contribution in [-0.2, 0) is 28.7 Å². The van der Waals surface area contributed by atoms with Crippen molar-refractivity contribution in [3.8, 4) is 0 Å². The number of guanidine groups is 1. The van der Waals surface area contributed by atoms with Gasteiger partial charge >= 0.3 is 12.1 Å². The number of methoxy groups -OCH3 is 1. The van der Waals surface area contributed by atoms with Crippen molar-refractivity contribution in [1.82, 2.24) is 68.6 Å². The smallest absolute Gasteiger partial charge is 0.409 e. The summed E-state index contributed by atoms with van der Waals surface area (Å²) < 4.78 is 4.53. The summed E-state index contributed by atoms with van der Waals surface area (Å²) >= 11 is 5.20. The molecule has 682 valence electrons. The van der Waals surface area contributed by atoms with Gasteiger partial charge in [-0.3, -0.25) is 38.9 Å². The SMILES string of the molecule is CC(=O)N(C)C(C)(C)C.CC(C(=O)N(C)C(C)(C)C)N(C)C.CC(C)=C(C)C(=O)N(C)C(C)(C)C.CN(C(=O)C(C)(C)O)C(C)(C)C.CN(C(=O)CC(C)(C)O)C(C)(C)C.CN(C)C(=O)N(C)C(C)(C)C.CN(C)C(=S)N(C)C(C)(C)C.CN=C(C)N(C)C(C)(C)C.CN=C(N(C)C)N(C)C(C)(C)C.COC(=O)N(C)C(C)(C)C. The molecule has 0 heterocycles. The molecule has 0 aromatic heterocycles. The van der Waals surface area contributed by atoms with E-state index in [2.05, 4.69) is 106 Å². The molecule has 2 N–H and O–H groups in total. The van der Waals surface area contributed by atoms with Gasteiger partial charge in [0.15, 0.2) is 11.1 Å². The zero-order valence-electron chi connectivity index (χ0n) is 86.0. The minimum atomic E-state index is -1.28. The van der Waals surface area contributed by atoms with Crippen molar-refractivity contribution >= 4 is 70.8 Å². The van der Waals surface area contributed by atoms with Crippen LogP contribution in [0.3, 0.4) is 0 Å². The van der Waals surface area contributed by atoms with Crippen LogP contribution in [0.25, 0.3) is 0 Å². The molecule has 26 nitrogen and oxygen atoms in total. The van der Waals surface area contributed by atoms with E-state index >= 15 is 0 Å². The monoisotopic (exact) mass is 1650 g/mol. The average molecular weight is 1650 g/mol. The number of ether oxygens (including phenoxy) is 1. The molecule has 0 bridgehead atoms. The number of urea groups is 1. The van der Waals surface area contributed by atoms with E-state index in [1.54, 1.807) is 95.2 Å². The molecule has 0 rings (SSSR count). The molecule has 0 aliphatic heterocycles. The Bertz CT molecular complexity index is 2860. The number of hydrogen-bond acceptors (Lipinski definition) is 14. The number of hydrogen-bond donors (Lipinski definition) is 2. The van der Waals surface area contributed by atoms with Crippen LogP contribution in [0.1, 0.15) is 283 Å². The summed E-state index contributed by atoms with van der Waals surface area (Å²) in [6, 6.07) is -0.0123. The first-order valence-electron chi connectivity index (χ1n) is 39.3. The van der Waals surface area contributed by atoms with E-state index in [-0.39, 0.29) is 110 Å². The van der Waals surface area contributed by atoms with E-state index in [1.165, 1.54) is 21.0 Å². The van der Waals surface area contributed by atoms with Crippen LogP contribution < -0.4 is 0 Å². The lowest BCUT2D eigenvalue weighted by Gasteiger charge is -2.37. The van der Waals surface area contributed by atoms with Crippen molar-refractivity contribution in [2.24, 2.45) is 9.98 Å². The molecular weight excluding hydrogens is 1460 g/mol. The maximum absolute atomic E-state index is 11.8. The highest BCUT2D eigenvalue weighted by Crippen LogP contribution is 2.21. The largest absolute Gasteiger partial charge is 0.453 e. The fourth-order valence-corrected chi connectivity index (χ4v) is 7.10. The van der Waals surface area contributed by atoms with Crippen molar-refractivity contribution in [3.05, 3.63) is 11.1 Å². The summed E-state index contributed by atoms with van der Waals surface area (Å²) in [5.41, 5.74) is -0.754. The number of nitrogens with zero attached hydrogens (tertiary/aromatic N) is 16. The van der Waals surface area contributed by atoms with Gasteiger partial charge in [-0.1, -0.05) is 5.57 Å². The van der Waals surface area contributed by atoms with Gasteiger partial charge in [0.05, 0.1) is 31.0 Å². The number of rotatable bonds is 6. The number of allylic oxidation sites excluding steroid dienone is 1. The van der Waals surface area contributed by atoms with Crippen molar-refractivity contribution in [2.75, 3.05) is 148 Å². The second-order valence-electron chi connectivity index (χ2n) is 41.0. The van der Waals surface area contributed by atoms with E-state index < -0.39 is 11.2 Å². The first-order chi connectivity index (χ1) is 49.4. The van der Waals surface area contributed by atoms with Gasteiger partial charge in [0.2, 0.25) is 23.6 Å².